The minimum absolute atomic E-state index is 0.162. The molecule has 0 fully saturated rings. The lowest BCUT2D eigenvalue weighted by Crippen LogP contribution is -2.22. The normalized spacial score (nSPS) is 12.1. The first kappa shape index (κ1) is 20.4. The van der Waals surface area contributed by atoms with Crippen LogP contribution in [0.15, 0.2) is 66.7 Å². The van der Waals surface area contributed by atoms with E-state index in [0.717, 1.165) is 33.8 Å². The minimum atomic E-state index is -0.162. The molecule has 1 amide bonds. The van der Waals surface area contributed by atoms with Gasteiger partial charge in [0.15, 0.2) is 11.5 Å². The Kier molecular flexibility index (Phi) is 5.47. The Hall–Kier alpha value is -3.48. The van der Waals surface area contributed by atoms with E-state index in [9.17, 15) is 4.79 Å². The molecule has 3 aromatic carbocycles. The number of ether oxygens (including phenoxy) is 2. The Morgan fingerprint density at radius 3 is 2.59 bits per heavy atom. The average Bonchev–Trinajstić information content (AvgIpc) is 3.47. The maximum absolute atomic E-state index is 12.5. The van der Waals surface area contributed by atoms with Crippen LogP contribution in [0.5, 0.6) is 11.5 Å². The number of carbonyl (C=O) groups excluding carboxylic acids is 1. The van der Waals surface area contributed by atoms with Crippen molar-refractivity contribution in [2.45, 2.75) is 6.54 Å². The van der Waals surface area contributed by atoms with Crippen LogP contribution in [0.3, 0.4) is 0 Å². The number of H-pyrrole nitrogens is 1. The van der Waals surface area contributed by atoms with E-state index in [1.54, 1.807) is 24.3 Å². The van der Waals surface area contributed by atoms with Crippen molar-refractivity contribution >= 4 is 29.1 Å². The second kappa shape index (κ2) is 8.57. The molecule has 32 heavy (non-hydrogen) atoms. The number of nitrogens with zero attached hydrogens (tertiary/aromatic N) is 1. The molecule has 0 saturated heterocycles. The van der Waals surface area contributed by atoms with E-state index in [2.05, 4.69) is 15.5 Å². The lowest BCUT2D eigenvalue weighted by molar-refractivity contribution is 0.0951. The molecule has 1 aromatic heterocycles. The molecule has 2 N–H and O–H groups in total. The number of amides is 1. The molecule has 1 aliphatic heterocycles. The van der Waals surface area contributed by atoms with Gasteiger partial charge < -0.3 is 14.8 Å². The zero-order chi connectivity index (χ0) is 22.1. The zero-order valence-electron chi connectivity index (χ0n) is 16.7. The molecular weight excluding hydrogens is 449 g/mol. The zero-order valence-corrected chi connectivity index (χ0v) is 18.2. The van der Waals surface area contributed by atoms with Crippen molar-refractivity contribution in [3.8, 4) is 34.0 Å². The predicted molar refractivity (Wildman–Crippen MR) is 123 cm³/mol. The lowest BCUT2D eigenvalue weighted by atomic mass is 10.1. The molecule has 6 nitrogen and oxygen atoms in total. The molecule has 0 atom stereocenters. The largest absolute Gasteiger partial charge is 0.454 e. The molecule has 5 rings (SSSR count). The van der Waals surface area contributed by atoms with Crippen LogP contribution in [0.25, 0.3) is 22.5 Å². The first-order valence-corrected chi connectivity index (χ1v) is 10.6. The number of aromatic nitrogens is 2. The van der Waals surface area contributed by atoms with Crippen molar-refractivity contribution in [2.24, 2.45) is 0 Å². The molecule has 2 heterocycles. The van der Waals surface area contributed by atoms with Gasteiger partial charge in [-0.3, -0.25) is 9.89 Å². The van der Waals surface area contributed by atoms with Gasteiger partial charge in [-0.25, -0.2) is 0 Å². The van der Waals surface area contributed by atoms with Gasteiger partial charge in [0.05, 0.1) is 16.4 Å². The third kappa shape index (κ3) is 4.15. The maximum Gasteiger partial charge on any atom is 0.251 e. The number of nitrogens with one attached hydrogen (secondary N) is 2. The van der Waals surface area contributed by atoms with E-state index in [1.165, 1.54) is 0 Å². The van der Waals surface area contributed by atoms with E-state index < -0.39 is 0 Å². The summed E-state index contributed by atoms with van der Waals surface area (Å²) in [5.74, 6) is 1.25. The summed E-state index contributed by atoms with van der Waals surface area (Å²) in [6, 6.07) is 20.1. The molecule has 1 aliphatic rings. The van der Waals surface area contributed by atoms with Gasteiger partial charge in [0, 0.05) is 28.3 Å². The highest BCUT2D eigenvalue weighted by Crippen LogP contribution is 2.33. The van der Waals surface area contributed by atoms with Crippen molar-refractivity contribution < 1.29 is 14.3 Å². The second-order valence-electron chi connectivity index (χ2n) is 7.24. The maximum atomic E-state index is 12.5. The van der Waals surface area contributed by atoms with Crippen LogP contribution in [-0.4, -0.2) is 22.9 Å². The molecule has 160 valence electrons. The van der Waals surface area contributed by atoms with Crippen LogP contribution in [0.2, 0.25) is 10.0 Å². The lowest BCUT2D eigenvalue weighted by Gasteiger charge is -2.07. The van der Waals surface area contributed by atoms with Crippen molar-refractivity contribution in [3.63, 3.8) is 0 Å². The van der Waals surface area contributed by atoms with Gasteiger partial charge in [-0.15, -0.1) is 0 Å². The number of hydrogen-bond acceptors (Lipinski definition) is 4. The highest BCUT2D eigenvalue weighted by molar-refractivity contribution is 6.36. The van der Waals surface area contributed by atoms with Crippen LogP contribution in [0, 0.1) is 0 Å². The van der Waals surface area contributed by atoms with Gasteiger partial charge in [-0.05, 0) is 54.1 Å². The molecule has 0 spiro atoms. The van der Waals surface area contributed by atoms with Gasteiger partial charge in [0.2, 0.25) is 6.79 Å². The van der Waals surface area contributed by atoms with E-state index in [4.69, 9.17) is 32.7 Å². The van der Waals surface area contributed by atoms with Gasteiger partial charge in [-0.2, -0.15) is 5.10 Å². The minimum Gasteiger partial charge on any atom is -0.454 e. The fraction of sp³-hybridized carbons (Fsp3) is 0.0833. The van der Waals surface area contributed by atoms with Gasteiger partial charge >= 0.3 is 0 Å². The first-order valence-electron chi connectivity index (χ1n) is 9.85. The molecule has 4 aromatic rings. The SMILES string of the molecule is O=C(NCc1ccc2c(c1)OCO2)c1ccc(-c2cc(-c3ccc(Cl)cc3Cl)[nH]n2)cc1. The number of benzene rings is 3. The first-order chi connectivity index (χ1) is 15.6. The Balaban J connectivity index is 1.26. The molecule has 8 heteroatoms. The van der Waals surface area contributed by atoms with Crippen molar-refractivity contribution in [3.05, 3.63) is 87.9 Å². The van der Waals surface area contributed by atoms with Crippen molar-refractivity contribution in [1.29, 1.82) is 0 Å². The highest BCUT2D eigenvalue weighted by Gasteiger charge is 2.14. The standard InChI is InChI=1S/C24H17Cl2N3O3/c25-17-6-7-18(19(26)10-17)21-11-20(28-29-21)15-2-4-16(5-3-15)24(30)27-12-14-1-8-22-23(9-14)32-13-31-22/h1-11H,12-13H2,(H,27,30)(H,28,29). The number of fused-ring (bicyclic) bond motifs is 1. The number of halogens is 2. The summed E-state index contributed by atoms with van der Waals surface area (Å²) in [5, 5.41) is 11.4. The number of rotatable bonds is 5. The summed E-state index contributed by atoms with van der Waals surface area (Å²) in [4.78, 5) is 12.5. The van der Waals surface area contributed by atoms with Gasteiger partial charge in [0.1, 0.15) is 0 Å². The smallest absolute Gasteiger partial charge is 0.251 e. The summed E-state index contributed by atoms with van der Waals surface area (Å²) in [5.41, 5.74) is 4.72. The van der Waals surface area contributed by atoms with Gasteiger partial charge in [-0.1, -0.05) is 41.4 Å². The summed E-state index contributed by atoms with van der Waals surface area (Å²) in [6.07, 6.45) is 0. The molecule has 0 radical (unpaired) electrons. The molecular formula is C24H17Cl2N3O3. The molecule has 0 saturated carbocycles. The summed E-state index contributed by atoms with van der Waals surface area (Å²) >= 11 is 12.3. The Morgan fingerprint density at radius 2 is 1.78 bits per heavy atom. The molecule has 0 unspecified atom stereocenters. The summed E-state index contributed by atoms with van der Waals surface area (Å²) in [6.45, 7) is 0.615. The van der Waals surface area contributed by atoms with E-state index in [1.807, 2.05) is 42.5 Å². The number of aromatic amines is 1. The summed E-state index contributed by atoms with van der Waals surface area (Å²) in [7, 11) is 0. The van der Waals surface area contributed by atoms with Crippen LogP contribution in [0.4, 0.5) is 0 Å². The Labute approximate surface area is 194 Å². The van der Waals surface area contributed by atoms with Crippen LogP contribution >= 0.6 is 23.2 Å². The fourth-order valence-corrected chi connectivity index (χ4v) is 3.95. The summed E-state index contributed by atoms with van der Waals surface area (Å²) < 4.78 is 10.7. The number of carbonyl (C=O) groups is 1. The van der Waals surface area contributed by atoms with Crippen LogP contribution < -0.4 is 14.8 Å². The third-order valence-electron chi connectivity index (χ3n) is 5.13. The van der Waals surface area contributed by atoms with E-state index >= 15 is 0 Å². The predicted octanol–water partition coefficient (Wildman–Crippen LogP) is 5.71. The average molecular weight is 466 g/mol. The monoisotopic (exact) mass is 465 g/mol. The highest BCUT2D eigenvalue weighted by atomic mass is 35.5. The van der Waals surface area contributed by atoms with Crippen molar-refractivity contribution in [1.82, 2.24) is 15.5 Å². The molecule has 0 bridgehead atoms. The van der Waals surface area contributed by atoms with Crippen LogP contribution in [-0.2, 0) is 6.54 Å². The Bertz CT molecular complexity index is 1300. The number of hydrogen-bond donors (Lipinski definition) is 2. The third-order valence-corrected chi connectivity index (χ3v) is 5.68. The Morgan fingerprint density at radius 1 is 0.969 bits per heavy atom. The van der Waals surface area contributed by atoms with E-state index in [-0.39, 0.29) is 12.7 Å². The van der Waals surface area contributed by atoms with Crippen molar-refractivity contribution in [2.75, 3.05) is 6.79 Å². The van der Waals surface area contributed by atoms with E-state index in [0.29, 0.717) is 27.9 Å². The molecule has 0 aliphatic carbocycles. The van der Waals surface area contributed by atoms with Gasteiger partial charge in [0.25, 0.3) is 5.91 Å². The fourth-order valence-electron chi connectivity index (χ4n) is 3.44. The second-order valence-corrected chi connectivity index (χ2v) is 8.08. The quantitative estimate of drug-likeness (QED) is 0.395. The topological polar surface area (TPSA) is 76.2 Å². The van der Waals surface area contributed by atoms with Crippen LogP contribution in [0.1, 0.15) is 15.9 Å².